The van der Waals surface area contributed by atoms with Gasteiger partial charge < -0.3 is 9.73 Å². The van der Waals surface area contributed by atoms with Gasteiger partial charge in [0, 0.05) is 11.6 Å². The Hall–Kier alpha value is -0.410. The normalized spacial score (nSPS) is 23.9. The van der Waals surface area contributed by atoms with E-state index in [0.717, 1.165) is 12.5 Å². The average Bonchev–Trinajstić information content (AvgIpc) is 2.87. The number of thioether (sulfide) groups is 1. The first-order valence-electron chi connectivity index (χ1n) is 5.19. The van der Waals surface area contributed by atoms with E-state index in [4.69, 9.17) is 4.42 Å². The van der Waals surface area contributed by atoms with E-state index in [9.17, 15) is 0 Å². The van der Waals surface area contributed by atoms with Crippen LogP contribution in [-0.2, 0) is 0 Å². The molecule has 0 aromatic carbocycles. The summed E-state index contributed by atoms with van der Waals surface area (Å²) in [5.41, 5.74) is 1.25. The van der Waals surface area contributed by atoms with E-state index in [1.807, 2.05) is 12.3 Å². The first-order chi connectivity index (χ1) is 6.86. The van der Waals surface area contributed by atoms with Crippen molar-refractivity contribution in [3.63, 3.8) is 0 Å². The van der Waals surface area contributed by atoms with E-state index in [1.54, 1.807) is 6.26 Å². The molecule has 2 heterocycles. The molecule has 0 amide bonds. The Morgan fingerprint density at radius 3 is 3.29 bits per heavy atom. The molecule has 0 saturated carbocycles. The number of hydrogen-bond donors (Lipinski definition) is 1. The van der Waals surface area contributed by atoms with Gasteiger partial charge in [-0.15, -0.1) is 0 Å². The first-order valence-corrected chi connectivity index (χ1v) is 6.35. The van der Waals surface area contributed by atoms with Crippen LogP contribution in [0.5, 0.6) is 0 Å². The van der Waals surface area contributed by atoms with Crippen LogP contribution in [0.2, 0.25) is 0 Å². The molecule has 1 aromatic heterocycles. The molecule has 2 nitrogen and oxygen atoms in total. The molecule has 1 aliphatic heterocycles. The Morgan fingerprint density at radius 2 is 2.64 bits per heavy atom. The number of furan rings is 1. The van der Waals surface area contributed by atoms with Crippen molar-refractivity contribution >= 4 is 11.8 Å². The zero-order valence-corrected chi connectivity index (χ0v) is 9.35. The second-order valence-electron chi connectivity index (χ2n) is 3.92. The van der Waals surface area contributed by atoms with Crippen molar-refractivity contribution in [2.24, 2.45) is 5.92 Å². The van der Waals surface area contributed by atoms with Gasteiger partial charge in [0.15, 0.2) is 0 Å². The van der Waals surface area contributed by atoms with Crippen LogP contribution in [0.4, 0.5) is 0 Å². The second-order valence-corrected chi connectivity index (χ2v) is 5.07. The minimum absolute atomic E-state index is 0.416. The van der Waals surface area contributed by atoms with Crippen molar-refractivity contribution in [2.75, 3.05) is 18.1 Å². The Balaban J connectivity index is 1.74. The molecular weight excluding hydrogens is 194 g/mol. The van der Waals surface area contributed by atoms with Gasteiger partial charge in [0.1, 0.15) is 0 Å². The fourth-order valence-corrected chi connectivity index (χ4v) is 3.01. The fraction of sp³-hybridized carbons (Fsp3) is 0.636. The van der Waals surface area contributed by atoms with Crippen LogP contribution in [0.15, 0.2) is 23.0 Å². The van der Waals surface area contributed by atoms with Crippen LogP contribution in [-0.4, -0.2) is 18.1 Å². The molecule has 1 fully saturated rings. The highest BCUT2D eigenvalue weighted by molar-refractivity contribution is 7.99. The maximum Gasteiger partial charge on any atom is 0.0950 e. The summed E-state index contributed by atoms with van der Waals surface area (Å²) in [6.45, 7) is 3.33. The van der Waals surface area contributed by atoms with Gasteiger partial charge in [0.05, 0.1) is 12.5 Å². The second kappa shape index (κ2) is 4.89. The summed E-state index contributed by atoms with van der Waals surface area (Å²) in [6, 6.07) is 2.44. The molecule has 1 aromatic rings. The van der Waals surface area contributed by atoms with Crippen LogP contribution >= 0.6 is 11.8 Å². The van der Waals surface area contributed by atoms with E-state index in [-0.39, 0.29) is 0 Å². The predicted octanol–water partition coefficient (Wildman–Crippen LogP) is 2.68. The molecule has 0 bridgehead atoms. The third-order valence-corrected chi connectivity index (χ3v) is 4.01. The van der Waals surface area contributed by atoms with E-state index in [1.165, 1.54) is 23.5 Å². The van der Waals surface area contributed by atoms with Gasteiger partial charge in [0.2, 0.25) is 0 Å². The minimum atomic E-state index is 0.416. The molecular formula is C11H17NOS. The van der Waals surface area contributed by atoms with E-state index in [2.05, 4.69) is 24.0 Å². The first kappa shape index (κ1) is 10.1. The fourth-order valence-electron chi connectivity index (χ4n) is 1.73. The lowest BCUT2D eigenvalue weighted by Crippen LogP contribution is -2.25. The third-order valence-electron chi connectivity index (χ3n) is 2.78. The van der Waals surface area contributed by atoms with E-state index < -0.39 is 0 Å². The van der Waals surface area contributed by atoms with Gasteiger partial charge >= 0.3 is 0 Å². The summed E-state index contributed by atoms with van der Waals surface area (Å²) in [5.74, 6) is 3.53. The molecule has 0 radical (unpaired) electrons. The van der Waals surface area contributed by atoms with Gasteiger partial charge in [-0.2, -0.15) is 11.8 Å². The molecule has 2 unspecified atom stereocenters. The summed E-state index contributed by atoms with van der Waals surface area (Å²) in [7, 11) is 0. The predicted molar refractivity (Wildman–Crippen MR) is 60.6 cm³/mol. The highest BCUT2D eigenvalue weighted by Crippen LogP contribution is 2.23. The maximum atomic E-state index is 5.06. The lowest BCUT2D eigenvalue weighted by molar-refractivity contribution is 0.473. The van der Waals surface area contributed by atoms with Crippen molar-refractivity contribution in [1.29, 1.82) is 0 Å². The molecule has 1 saturated heterocycles. The van der Waals surface area contributed by atoms with Crippen LogP contribution in [0.25, 0.3) is 0 Å². The number of hydrogen-bond acceptors (Lipinski definition) is 3. The molecule has 0 spiro atoms. The summed E-state index contributed by atoms with van der Waals surface area (Å²) in [4.78, 5) is 0. The molecule has 3 heteroatoms. The van der Waals surface area contributed by atoms with Crippen LogP contribution in [0.1, 0.15) is 24.9 Å². The van der Waals surface area contributed by atoms with Crippen LogP contribution in [0, 0.1) is 5.92 Å². The minimum Gasteiger partial charge on any atom is -0.472 e. The molecule has 2 atom stereocenters. The van der Waals surface area contributed by atoms with Crippen LogP contribution < -0.4 is 5.32 Å². The van der Waals surface area contributed by atoms with Gasteiger partial charge in [0.25, 0.3) is 0 Å². The molecule has 0 aliphatic carbocycles. The van der Waals surface area contributed by atoms with Gasteiger partial charge in [-0.05, 0) is 43.4 Å². The maximum absolute atomic E-state index is 5.06. The molecule has 1 aliphatic rings. The molecule has 2 rings (SSSR count). The zero-order chi connectivity index (χ0) is 9.80. The van der Waals surface area contributed by atoms with E-state index in [0.29, 0.717) is 6.04 Å². The highest BCUT2D eigenvalue weighted by atomic mass is 32.2. The Kier molecular flexibility index (Phi) is 3.54. The number of nitrogens with one attached hydrogen (secondary N) is 1. The topological polar surface area (TPSA) is 25.2 Å². The molecule has 78 valence electrons. The Bertz CT molecular complexity index is 254. The van der Waals surface area contributed by atoms with Crippen molar-refractivity contribution in [1.82, 2.24) is 5.32 Å². The summed E-state index contributed by atoms with van der Waals surface area (Å²) in [6.07, 6.45) is 4.93. The molecule has 14 heavy (non-hydrogen) atoms. The Labute approximate surface area is 89.4 Å². The monoisotopic (exact) mass is 211 g/mol. The van der Waals surface area contributed by atoms with Crippen LogP contribution in [0.3, 0.4) is 0 Å². The summed E-state index contributed by atoms with van der Waals surface area (Å²) < 4.78 is 5.06. The standard InChI is InChI=1S/C11H17NOS/c1-9(11-2-4-13-7-11)12-6-10-3-5-14-8-10/h2,4,7,9-10,12H,3,5-6,8H2,1H3. The smallest absolute Gasteiger partial charge is 0.0950 e. The van der Waals surface area contributed by atoms with Crippen molar-refractivity contribution in [2.45, 2.75) is 19.4 Å². The zero-order valence-electron chi connectivity index (χ0n) is 8.53. The van der Waals surface area contributed by atoms with Gasteiger partial charge in [-0.1, -0.05) is 0 Å². The number of rotatable bonds is 4. The van der Waals surface area contributed by atoms with Crippen molar-refractivity contribution in [3.8, 4) is 0 Å². The quantitative estimate of drug-likeness (QED) is 0.829. The molecule has 1 N–H and O–H groups in total. The third kappa shape index (κ3) is 2.55. The van der Waals surface area contributed by atoms with E-state index >= 15 is 0 Å². The lowest BCUT2D eigenvalue weighted by Gasteiger charge is -2.15. The van der Waals surface area contributed by atoms with Crippen molar-refractivity contribution < 1.29 is 4.42 Å². The Morgan fingerprint density at radius 1 is 1.71 bits per heavy atom. The summed E-state index contributed by atoms with van der Waals surface area (Å²) in [5, 5.41) is 3.55. The summed E-state index contributed by atoms with van der Waals surface area (Å²) >= 11 is 2.07. The van der Waals surface area contributed by atoms with Gasteiger partial charge in [-0.3, -0.25) is 0 Å². The average molecular weight is 211 g/mol. The highest BCUT2D eigenvalue weighted by Gasteiger charge is 2.16. The van der Waals surface area contributed by atoms with Gasteiger partial charge in [-0.25, -0.2) is 0 Å². The van der Waals surface area contributed by atoms with Crippen molar-refractivity contribution in [3.05, 3.63) is 24.2 Å². The largest absolute Gasteiger partial charge is 0.472 e. The lowest BCUT2D eigenvalue weighted by atomic mass is 10.1. The SMILES string of the molecule is CC(NCC1CCSC1)c1ccoc1.